The Labute approximate surface area is 124 Å². The molecule has 0 unspecified atom stereocenters. The molecule has 1 aliphatic rings. The van der Waals surface area contributed by atoms with Crippen LogP contribution in [-0.4, -0.2) is 44.8 Å². The van der Waals surface area contributed by atoms with Crippen molar-refractivity contribution in [2.75, 3.05) is 34.0 Å². The molecule has 1 amide bonds. The minimum atomic E-state index is -0.0906. The molecule has 1 aliphatic heterocycles. The highest BCUT2D eigenvalue weighted by molar-refractivity contribution is 5.87. The van der Waals surface area contributed by atoms with Crippen LogP contribution in [-0.2, 0) is 4.79 Å². The molecule has 1 N–H and O–H groups in total. The smallest absolute Gasteiger partial charge is 0.244 e. The SMILES string of the molecule is CN(C)CCNC(=O)/C=C/C=C/c1ccc2c(c1)OCO2. The fourth-order valence-electron chi connectivity index (χ4n) is 1.79. The van der Waals surface area contributed by atoms with Gasteiger partial charge in [-0.1, -0.05) is 24.3 Å². The summed E-state index contributed by atoms with van der Waals surface area (Å²) in [7, 11) is 3.94. The number of ether oxygens (including phenoxy) is 2. The molecule has 0 saturated heterocycles. The summed E-state index contributed by atoms with van der Waals surface area (Å²) in [4.78, 5) is 13.5. The van der Waals surface area contributed by atoms with Gasteiger partial charge in [-0.25, -0.2) is 0 Å². The molecule has 0 aromatic heterocycles. The monoisotopic (exact) mass is 288 g/mol. The van der Waals surface area contributed by atoms with Crippen LogP contribution in [0.4, 0.5) is 0 Å². The summed E-state index contributed by atoms with van der Waals surface area (Å²) in [6.07, 6.45) is 6.96. The van der Waals surface area contributed by atoms with Crippen molar-refractivity contribution in [3.63, 3.8) is 0 Å². The Morgan fingerprint density at radius 1 is 1.29 bits per heavy atom. The zero-order chi connectivity index (χ0) is 15.1. The minimum absolute atomic E-state index is 0.0906. The Balaban J connectivity index is 1.79. The molecule has 1 aromatic rings. The predicted octanol–water partition coefficient (Wildman–Crippen LogP) is 1.66. The largest absolute Gasteiger partial charge is 0.454 e. The van der Waals surface area contributed by atoms with E-state index in [1.807, 2.05) is 49.3 Å². The van der Waals surface area contributed by atoms with Crippen LogP contribution in [0.2, 0.25) is 0 Å². The normalized spacial score (nSPS) is 13.5. The van der Waals surface area contributed by atoms with Crippen LogP contribution in [0.5, 0.6) is 11.5 Å². The second kappa shape index (κ2) is 7.50. The zero-order valence-corrected chi connectivity index (χ0v) is 12.3. The fraction of sp³-hybridized carbons (Fsp3) is 0.312. The molecule has 0 aliphatic carbocycles. The number of hydrogen-bond acceptors (Lipinski definition) is 4. The van der Waals surface area contributed by atoms with Crippen molar-refractivity contribution >= 4 is 12.0 Å². The van der Waals surface area contributed by atoms with Gasteiger partial charge < -0.3 is 19.7 Å². The summed E-state index contributed by atoms with van der Waals surface area (Å²) >= 11 is 0. The summed E-state index contributed by atoms with van der Waals surface area (Å²) in [6, 6.07) is 5.72. The van der Waals surface area contributed by atoms with Crippen molar-refractivity contribution in [1.82, 2.24) is 10.2 Å². The molecule has 21 heavy (non-hydrogen) atoms. The molecule has 1 heterocycles. The first-order valence-electron chi connectivity index (χ1n) is 6.82. The molecule has 0 spiro atoms. The average molecular weight is 288 g/mol. The molecule has 0 bridgehead atoms. The molecular formula is C16H20N2O3. The van der Waals surface area contributed by atoms with Gasteiger partial charge in [-0.15, -0.1) is 0 Å². The van der Waals surface area contributed by atoms with Crippen molar-refractivity contribution in [3.8, 4) is 11.5 Å². The van der Waals surface area contributed by atoms with Crippen molar-refractivity contribution < 1.29 is 14.3 Å². The lowest BCUT2D eigenvalue weighted by Gasteiger charge is -2.08. The molecule has 0 radical (unpaired) electrons. The number of likely N-dealkylation sites (N-methyl/N-ethyl adjacent to an activating group) is 1. The third-order valence-corrected chi connectivity index (χ3v) is 2.90. The molecule has 0 saturated carbocycles. The van der Waals surface area contributed by atoms with Crippen molar-refractivity contribution in [1.29, 1.82) is 0 Å². The van der Waals surface area contributed by atoms with Crippen LogP contribution in [0.15, 0.2) is 36.4 Å². The summed E-state index contributed by atoms with van der Waals surface area (Å²) in [5.74, 6) is 1.43. The summed E-state index contributed by atoms with van der Waals surface area (Å²) in [5.41, 5.74) is 0.997. The number of nitrogens with zero attached hydrogens (tertiary/aromatic N) is 1. The van der Waals surface area contributed by atoms with Crippen LogP contribution < -0.4 is 14.8 Å². The van der Waals surface area contributed by atoms with E-state index in [9.17, 15) is 4.79 Å². The Bertz CT molecular complexity index is 550. The number of carbonyl (C=O) groups is 1. The van der Waals surface area contributed by atoms with E-state index >= 15 is 0 Å². The molecule has 5 heteroatoms. The van der Waals surface area contributed by atoms with E-state index in [1.54, 1.807) is 6.08 Å². The predicted molar refractivity (Wildman–Crippen MR) is 82.3 cm³/mol. The zero-order valence-electron chi connectivity index (χ0n) is 12.3. The number of allylic oxidation sites excluding steroid dienone is 2. The van der Waals surface area contributed by atoms with Gasteiger partial charge in [0, 0.05) is 19.2 Å². The van der Waals surface area contributed by atoms with Gasteiger partial charge in [0.1, 0.15) is 0 Å². The van der Waals surface area contributed by atoms with E-state index < -0.39 is 0 Å². The maximum atomic E-state index is 11.5. The molecule has 0 atom stereocenters. The standard InChI is InChI=1S/C16H20N2O3/c1-18(2)10-9-17-16(19)6-4-3-5-13-7-8-14-15(11-13)21-12-20-14/h3-8,11H,9-10,12H2,1-2H3,(H,17,19)/b5-3+,6-4+. The lowest BCUT2D eigenvalue weighted by atomic mass is 10.2. The minimum Gasteiger partial charge on any atom is -0.454 e. The lowest BCUT2D eigenvalue weighted by Crippen LogP contribution is -2.30. The fourth-order valence-corrected chi connectivity index (χ4v) is 1.79. The number of rotatable bonds is 6. The average Bonchev–Trinajstić information content (AvgIpc) is 2.90. The van der Waals surface area contributed by atoms with Gasteiger partial charge in [-0.05, 0) is 31.8 Å². The van der Waals surface area contributed by atoms with Crippen molar-refractivity contribution in [2.24, 2.45) is 0 Å². The third-order valence-electron chi connectivity index (χ3n) is 2.90. The second-order valence-corrected chi connectivity index (χ2v) is 4.93. The van der Waals surface area contributed by atoms with E-state index in [1.165, 1.54) is 6.08 Å². The number of hydrogen-bond donors (Lipinski definition) is 1. The topological polar surface area (TPSA) is 50.8 Å². The van der Waals surface area contributed by atoms with E-state index in [0.717, 1.165) is 23.6 Å². The van der Waals surface area contributed by atoms with Crippen LogP contribution in [0, 0.1) is 0 Å². The first kappa shape index (κ1) is 15.1. The van der Waals surface area contributed by atoms with E-state index in [4.69, 9.17) is 9.47 Å². The molecule has 1 aromatic carbocycles. The van der Waals surface area contributed by atoms with Crippen LogP contribution >= 0.6 is 0 Å². The van der Waals surface area contributed by atoms with Crippen LogP contribution in [0.1, 0.15) is 5.56 Å². The van der Waals surface area contributed by atoms with Gasteiger partial charge in [0.2, 0.25) is 12.7 Å². The number of fused-ring (bicyclic) bond motifs is 1. The van der Waals surface area contributed by atoms with Crippen molar-refractivity contribution in [2.45, 2.75) is 0 Å². The Morgan fingerprint density at radius 2 is 2.10 bits per heavy atom. The molecular weight excluding hydrogens is 268 g/mol. The number of nitrogens with one attached hydrogen (secondary N) is 1. The summed E-state index contributed by atoms with van der Waals surface area (Å²) in [5, 5.41) is 2.81. The molecule has 112 valence electrons. The third kappa shape index (κ3) is 4.96. The highest BCUT2D eigenvalue weighted by Gasteiger charge is 2.11. The summed E-state index contributed by atoms with van der Waals surface area (Å²) in [6.45, 7) is 1.74. The number of benzene rings is 1. The number of carbonyl (C=O) groups excluding carboxylic acids is 1. The van der Waals surface area contributed by atoms with Crippen LogP contribution in [0.3, 0.4) is 0 Å². The number of amides is 1. The Morgan fingerprint density at radius 3 is 2.90 bits per heavy atom. The van der Waals surface area contributed by atoms with E-state index in [-0.39, 0.29) is 12.7 Å². The van der Waals surface area contributed by atoms with Crippen molar-refractivity contribution in [3.05, 3.63) is 42.0 Å². The highest BCUT2D eigenvalue weighted by atomic mass is 16.7. The van der Waals surface area contributed by atoms with Gasteiger partial charge in [-0.3, -0.25) is 4.79 Å². The van der Waals surface area contributed by atoms with E-state index in [0.29, 0.717) is 6.54 Å². The van der Waals surface area contributed by atoms with Crippen LogP contribution in [0.25, 0.3) is 6.08 Å². The quantitative estimate of drug-likeness (QED) is 0.639. The van der Waals surface area contributed by atoms with Gasteiger partial charge in [0.05, 0.1) is 0 Å². The maximum absolute atomic E-state index is 11.5. The highest BCUT2D eigenvalue weighted by Crippen LogP contribution is 2.32. The lowest BCUT2D eigenvalue weighted by molar-refractivity contribution is -0.116. The van der Waals surface area contributed by atoms with Gasteiger partial charge >= 0.3 is 0 Å². The van der Waals surface area contributed by atoms with Gasteiger partial charge in [0.15, 0.2) is 11.5 Å². The Kier molecular flexibility index (Phi) is 5.40. The molecule has 0 fully saturated rings. The van der Waals surface area contributed by atoms with Gasteiger partial charge in [-0.2, -0.15) is 0 Å². The van der Waals surface area contributed by atoms with Gasteiger partial charge in [0.25, 0.3) is 0 Å². The second-order valence-electron chi connectivity index (χ2n) is 4.93. The molecule has 5 nitrogen and oxygen atoms in total. The van der Waals surface area contributed by atoms with E-state index in [2.05, 4.69) is 5.32 Å². The first-order chi connectivity index (χ1) is 10.1. The first-order valence-corrected chi connectivity index (χ1v) is 6.82. The maximum Gasteiger partial charge on any atom is 0.244 e. The Hall–Kier alpha value is -2.27. The molecule has 2 rings (SSSR count). The summed E-state index contributed by atoms with van der Waals surface area (Å²) < 4.78 is 10.6.